The number of methoxy groups -OCH3 is 1. The van der Waals surface area contributed by atoms with Crippen molar-refractivity contribution in [2.45, 2.75) is 18.8 Å². The molecule has 0 aliphatic carbocycles. The monoisotopic (exact) mass is 438 g/mol. The van der Waals surface area contributed by atoms with Gasteiger partial charge >= 0.3 is 0 Å². The van der Waals surface area contributed by atoms with Crippen molar-refractivity contribution < 1.29 is 23.2 Å². The first-order chi connectivity index (χ1) is 15.5. The highest BCUT2D eigenvalue weighted by Crippen LogP contribution is 2.27. The molecule has 0 saturated carbocycles. The maximum Gasteiger partial charge on any atom is 0.257 e. The van der Waals surface area contributed by atoms with E-state index in [0.29, 0.717) is 35.1 Å². The van der Waals surface area contributed by atoms with Crippen molar-refractivity contribution in [2.24, 2.45) is 0 Å². The number of hydrogen-bond donors (Lipinski definition) is 1. The second-order valence-electron chi connectivity index (χ2n) is 7.65. The molecule has 32 heavy (non-hydrogen) atoms. The van der Waals surface area contributed by atoms with E-state index >= 15 is 0 Å². The lowest BCUT2D eigenvalue weighted by Crippen LogP contribution is -2.43. The number of nitrogens with one attached hydrogen (secondary N) is 1. The molecule has 2 heterocycles. The van der Waals surface area contributed by atoms with Crippen LogP contribution in [0.1, 0.15) is 35.0 Å². The highest BCUT2D eigenvalue weighted by molar-refractivity contribution is 6.05. The van der Waals surface area contributed by atoms with Gasteiger partial charge in [0.15, 0.2) is 0 Å². The Balaban J connectivity index is 1.34. The molecule has 1 atom stereocenters. The van der Waals surface area contributed by atoms with Crippen LogP contribution in [-0.2, 0) is 4.79 Å². The van der Waals surface area contributed by atoms with Crippen LogP contribution in [0.4, 0.5) is 4.39 Å². The molecule has 0 bridgehead atoms. The highest BCUT2D eigenvalue weighted by Gasteiger charge is 2.27. The molecule has 1 saturated heterocycles. The number of nitrogens with zero attached hydrogens (tertiary/aromatic N) is 3. The molecule has 2 amide bonds. The van der Waals surface area contributed by atoms with Gasteiger partial charge in [-0.25, -0.2) is 4.39 Å². The smallest absolute Gasteiger partial charge is 0.257 e. The van der Waals surface area contributed by atoms with Crippen LogP contribution in [0.15, 0.2) is 53.1 Å². The SMILES string of the molecule is COc1ccc(C(=O)NC(=O)CN2CCCC(c3nc(-c4cccc(F)c4)no3)C2)cc1. The molecular formula is C23H23FN4O4. The van der Waals surface area contributed by atoms with Crippen molar-refractivity contribution in [2.75, 3.05) is 26.7 Å². The zero-order valence-corrected chi connectivity index (χ0v) is 17.6. The maximum absolute atomic E-state index is 13.5. The van der Waals surface area contributed by atoms with Crippen molar-refractivity contribution in [3.8, 4) is 17.1 Å². The Morgan fingerprint density at radius 2 is 2.06 bits per heavy atom. The van der Waals surface area contributed by atoms with Crippen LogP contribution >= 0.6 is 0 Å². The summed E-state index contributed by atoms with van der Waals surface area (Å²) in [6.45, 7) is 1.36. The molecule has 1 aliphatic rings. The van der Waals surface area contributed by atoms with Crippen LogP contribution in [0.5, 0.6) is 5.75 Å². The average Bonchev–Trinajstić information content (AvgIpc) is 3.30. The summed E-state index contributed by atoms with van der Waals surface area (Å²) in [4.78, 5) is 31.1. The quantitative estimate of drug-likeness (QED) is 0.632. The number of ether oxygens (including phenoxy) is 1. The van der Waals surface area contributed by atoms with E-state index in [9.17, 15) is 14.0 Å². The predicted molar refractivity (Wildman–Crippen MR) is 114 cm³/mol. The van der Waals surface area contributed by atoms with Gasteiger partial charge in [-0.3, -0.25) is 19.8 Å². The minimum atomic E-state index is -0.456. The van der Waals surface area contributed by atoms with Crippen LogP contribution in [-0.4, -0.2) is 53.6 Å². The fourth-order valence-electron chi connectivity index (χ4n) is 3.73. The van der Waals surface area contributed by atoms with Crippen LogP contribution in [0.3, 0.4) is 0 Å². The zero-order valence-electron chi connectivity index (χ0n) is 17.6. The van der Waals surface area contributed by atoms with Crippen LogP contribution < -0.4 is 10.1 Å². The van der Waals surface area contributed by atoms with Crippen molar-refractivity contribution in [3.63, 3.8) is 0 Å². The van der Waals surface area contributed by atoms with Crippen molar-refractivity contribution >= 4 is 11.8 Å². The number of benzene rings is 2. The van der Waals surface area contributed by atoms with Gasteiger partial charge in [0, 0.05) is 17.7 Å². The summed E-state index contributed by atoms with van der Waals surface area (Å²) in [6.07, 6.45) is 1.69. The number of halogens is 1. The van der Waals surface area contributed by atoms with E-state index in [2.05, 4.69) is 15.5 Å². The summed E-state index contributed by atoms with van der Waals surface area (Å²) in [5, 5.41) is 6.39. The summed E-state index contributed by atoms with van der Waals surface area (Å²) in [6, 6.07) is 12.5. The van der Waals surface area contributed by atoms with Gasteiger partial charge in [0.1, 0.15) is 11.6 Å². The highest BCUT2D eigenvalue weighted by atomic mass is 19.1. The first-order valence-corrected chi connectivity index (χ1v) is 10.3. The Morgan fingerprint density at radius 1 is 1.25 bits per heavy atom. The van der Waals surface area contributed by atoms with Crippen molar-refractivity contribution in [1.29, 1.82) is 0 Å². The Labute approximate surface area is 184 Å². The third-order valence-corrected chi connectivity index (χ3v) is 5.35. The maximum atomic E-state index is 13.5. The second kappa shape index (κ2) is 9.69. The molecule has 2 aromatic carbocycles. The van der Waals surface area contributed by atoms with E-state index in [0.717, 1.165) is 19.4 Å². The zero-order chi connectivity index (χ0) is 22.5. The summed E-state index contributed by atoms with van der Waals surface area (Å²) in [5.41, 5.74) is 0.926. The van der Waals surface area contributed by atoms with Gasteiger partial charge in [-0.1, -0.05) is 17.3 Å². The molecule has 1 N–H and O–H groups in total. The Morgan fingerprint density at radius 3 is 2.81 bits per heavy atom. The molecule has 8 nitrogen and oxygen atoms in total. The van der Waals surface area contributed by atoms with E-state index < -0.39 is 5.91 Å². The predicted octanol–water partition coefficient (Wildman–Crippen LogP) is 3.02. The summed E-state index contributed by atoms with van der Waals surface area (Å²) in [5.74, 6) is 0.189. The van der Waals surface area contributed by atoms with Gasteiger partial charge < -0.3 is 9.26 Å². The number of amides is 2. The number of piperidine rings is 1. The molecule has 9 heteroatoms. The molecule has 3 aromatic rings. The molecular weight excluding hydrogens is 415 g/mol. The van der Waals surface area contributed by atoms with Gasteiger partial charge in [-0.15, -0.1) is 0 Å². The number of rotatable bonds is 6. The molecule has 0 spiro atoms. The number of carbonyl (C=O) groups excluding carboxylic acids is 2. The largest absolute Gasteiger partial charge is 0.497 e. The average molecular weight is 438 g/mol. The molecule has 1 aliphatic heterocycles. The van der Waals surface area contributed by atoms with Gasteiger partial charge in [0.05, 0.1) is 19.6 Å². The minimum absolute atomic E-state index is 0.0383. The molecule has 1 fully saturated rings. The van der Waals surface area contributed by atoms with Crippen LogP contribution in [0, 0.1) is 5.82 Å². The molecule has 1 unspecified atom stereocenters. The topological polar surface area (TPSA) is 97.6 Å². The van der Waals surface area contributed by atoms with Gasteiger partial charge in [0.25, 0.3) is 5.91 Å². The molecule has 1 aromatic heterocycles. The van der Waals surface area contributed by atoms with E-state index in [-0.39, 0.29) is 24.2 Å². The third-order valence-electron chi connectivity index (χ3n) is 5.35. The van der Waals surface area contributed by atoms with E-state index in [1.807, 2.05) is 4.90 Å². The number of imide groups is 1. The number of hydrogen-bond acceptors (Lipinski definition) is 7. The summed E-state index contributed by atoms with van der Waals surface area (Å²) >= 11 is 0. The van der Waals surface area contributed by atoms with Crippen LogP contribution in [0.25, 0.3) is 11.4 Å². The van der Waals surface area contributed by atoms with Crippen LogP contribution in [0.2, 0.25) is 0 Å². The standard InChI is InChI=1S/C23H23FN4O4/c1-31-19-9-7-15(8-10-19)22(30)25-20(29)14-28-11-3-5-17(13-28)23-26-21(27-32-23)16-4-2-6-18(24)12-16/h2,4,6-10,12,17H,3,5,11,13-14H2,1H3,(H,25,29,30). The summed E-state index contributed by atoms with van der Waals surface area (Å²) in [7, 11) is 1.54. The normalized spacial score (nSPS) is 16.5. The van der Waals surface area contributed by atoms with Gasteiger partial charge in [-0.2, -0.15) is 4.98 Å². The molecule has 4 rings (SSSR count). The lowest BCUT2D eigenvalue weighted by Gasteiger charge is -2.30. The number of carbonyl (C=O) groups is 2. The Kier molecular flexibility index (Phi) is 6.55. The molecule has 166 valence electrons. The lowest BCUT2D eigenvalue weighted by atomic mass is 9.98. The molecule has 0 radical (unpaired) electrons. The van der Waals surface area contributed by atoms with E-state index in [1.165, 1.54) is 12.1 Å². The number of likely N-dealkylation sites (tertiary alicyclic amines) is 1. The van der Waals surface area contributed by atoms with E-state index in [4.69, 9.17) is 9.26 Å². The van der Waals surface area contributed by atoms with Crippen molar-refractivity contribution in [3.05, 3.63) is 65.8 Å². The third kappa shape index (κ3) is 5.17. The first-order valence-electron chi connectivity index (χ1n) is 10.3. The fraction of sp³-hybridized carbons (Fsp3) is 0.304. The summed E-state index contributed by atoms with van der Waals surface area (Å²) < 4.78 is 23.9. The van der Waals surface area contributed by atoms with E-state index in [1.54, 1.807) is 43.5 Å². The lowest BCUT2D eigenvalue weighted by molar-refractivity contribution is -0.121. The Bertz CT molecular complexity index is 1100. The minimum Gasteiger partial charge on any atom is -0.497 e. The van der Waals surface area contributed by atoms with Gasteiger partial charge in [-0.05, 0) is 55.8 Å². The van der Waals surface area contributed by atoms with Gasteiger partial charge in [0.2, 0.25) is 17.6 Å². The number of aromatic nitrogens is 2. The second-order valence-corrected chi connectivity index (χ2v) is 7.65. The first kappa shape index (κ1) is 21.6. The Hall–Kier alpha value is -3.59. The fourth-order valence-corrected chi connectivity index (χ4v) is 3.73. The van der Waals surface area contributed by atoms with Crippen molar-refractivity contribution in [1.82, 2.24) is 20.4 Å².